The lowest BCUT2D eigenvalue weighted by Crippen LogP contribution is -2.56. The molecule has 8 nitrogen and oxygen atoms in total. The molecular weight excluding hydrogens is 378 g/mol. The second-order valence-electron chi connectivity index (χ2n) is 5.81. The zero-order chi connectivity index (χ0) is 19.2. The topological polar surface area (TPSA) is 119 Å². The van der Waals surface area contributed by atoms with Gasteiger partial charge in [-0.05, 0) is 30.6 Å². The summed E-state index contributed by atoms with van der Waals surface area (Å²) < 4.78 is 32.9. The van der Waals surface area contributed by atoms with Crippen molar-refractivity contribution < 1.29 is 22.7 Å². The molecule has 1 saturated heterocycles. The number of nitrogens with one attached hydrogen (secondary N) is 1. The van der Waals surface area contributed by atoms with Crippen LogP contribution in [0.25, 0.3) is 0 Å². The molecule has 2 rings (SSSR count). The highest BCUT2D eigenvalue weighted by Crippen LogP contribution is 2.14. The maximum absolute atomic E-state index is 12.9. The van der Waals surface area contributed by atoms with Crippen LogP contribution in [0.3, 0.4) is 0 Å². The zero-order valence-corrected chi connectivity index (χ0v) is 16.1. The summed E-state index contributed by atoms with van der Waals surface area (Å²) in [6.07, 6.45) is 1.34. The van der Waals surface area contributed by atoms with Crippen LogP contribution in [0.5, 0.6) is 0 Å². The first-order valence-electron chi connectivity index (χ1n) is 8.11. The van der Waals surface area contributed by atoms with Crippen molar-refractivity contribution in [2.24, 2.45) is 5.73 Å². The summed E-state index contributed by atoms with van der Waals surface area (Å²) in [5.41, 5.74) is 5.25. The second-order valence-corrected chi connectivity index (χ2v) is 8.51. The van der Waals surface area contributed by atoms with Crippen LogP contribution in [-0.2, 0) is 24.3 Å². The minimum Gasteiger partial charge on any atom is -0.367 e. The number of hydrogen-bond donors (Lipinski definition) is 2. The summed E-state index contributed by atoms with van der Waals surface area (Å²) in [5, 5.41) is 0. The molecule has 0 saturated carbocycles. The number of sulfonamides is 1. The highest BCUT2D eigenvalue weighted by molar-refractivity contribution is 7.98. The molecule has 1 aliphatic heterocycles. The van der Waals surface area contributed by atoms with Crippen LogP contribution < -0.4 is 10.5 Å². The van der Waals surface area contributed by atoms with Gasteiger partial charge in [-0.3, -0.25) is 9.59 Å². The highest BCUT2D eigenvalue weighted by atomic mass is 32.2. The zero-order valence-electron chi connectivity index (χ0n) is 14.5. The van der Waals surface area contributed by atoms with Gasteiger partial charge in [-0.15, -0.1) is 0 Å². The van der Waals surface area contributed by atoms with Crippen LogP contribution in [0.2, 0.25) is 0 Å². The van der Waals surface area contributed by atoms with Gasteiger partial charge in [-0.1, -0.05) is 18.2 Å². The number of thioether (sulfide) groups is 1. The van der Waals surface area contributed by atoms with Gasteiger partial charge in [-0.25, -0.2) is 8.42 Å². The van der Waals surface area contributed by atoms with E-state index in [1.54, 1.807) is 18.2 Å². The van der Waals surface area contributed by atoms with Crippen LogP contribution in [-0.4, -0.2) is 69.0 Å². The number of ether oxygens (including phenoxy) is 1. The fourth-order valence-electron chi connectivity index (χ4n) is 2.57. The van der Waals surface area contributed by atoms with E-state index < -0.39 is 28.1 Å². The molecule has 3 N–H and O–H groups in total. The molecule has 26 heavy (non-hydrogen) atoms. The van der Waals surface area contributed by atoms with E-state index in [0.29, 0.717) is 12.2 Å². The summed E-state index contributed by atoms with van der Waals surface area (Å²) in [4.78, 5) is 25.7. The van der Waals surface area contributed by atoms with Crippen molar-refractivity contribution >= 4 is 33.6 Å². The third-order valence-electron chi connectivity index (χ3n) is 3.96. The standard InChI is InChI=1S/C16H23N3O5S2/c1-25-10-7-13(18-26(22,23)12-5-3-2-4-6-12)16(21)19-8-9-24-14(11-19)15(17)20/h2-6,13-14,18H,7-11H2,1H3,(H2,17,20)/t13-,14+/m1/s1. The van der Waals surface area contributed by atoms with Gasteiger partial charge in [-0.2, -0.15) is 16.5 Å². The number of morpholine rings is 1. The predicted molar refractivity (Wildman–Crippen MR) is 99.1 cm³/mol. The van der Waals surface area contributed by atoms with Gasteiger partial charge < -0.3 is 15.4 Å². The Hall–Kier alpha value is -1.62. The third-order valence-corrected chi connectivity index (χ3v) is 6.09. The lowest BCUT2D eigenvalue weighted by Gasteiger charge is -2.34. The van der Waals surface area contributed by atoms with E-state index in [1.165, 1.54) is 28.8 Å². The lowest BCUT2D eigenvalue weighted by atomic mass is 10.2. The van der Waals surface area contributed by atoms with Gasteiger partial charge in [0, 0.05) is 6.54 Å². The van der Waals surface area contributed by atoms with Gasteiger partial charge in [0.1, 0.15) is 6.04 Å². The van der Waals surface area contributed by atoms with Crippen molar-refractivity contribution in [1.82, 2.24) is 9.62 Å². The maximum Gasteiger partial charge on any atom is 0.248 e. The fraction of sp³-hybridized carbons (Fsp3) is 0.500. The van der Waals surface area contributed by atoms with Crippen molar-refractivity contribution in [3.8, 4) is 0 Å². The smallest absolute Gasteiger partial charge is 0.248 e. The molecule has 1 heterocycles. The van der Waals surface area contributed by atoms with Crippen molar-refractivity contribution in [1.29, 1.82) is 0 Å². The van der Waals surface area contributed by atoms with E-state index in [1.807, 2.05) is 6.26 Å². The third kappa shape index (κ3) is 5.44. The van der Waals surface area contributed by atoms with Crippen LogP contribution in [0, 0.1) is 0 Å². The molecule has 0 unspecified atom stereocenters. The van der Waals surface area contributed by atoms with E-state index in [0.717, 1.165) is 0 Å². The van der Waals surface area contributed by atoms with E-state index in [2.05, 4.69) is 4.72 Å². The van der Waals surface area contributed by atoms with Crippen LogP contribution >= 0.6 is 11.8 Å². The number of rotatable bonds is 8. The number of nitrogens with zero attached hydrogens (tertiary/aromatic N) is 1. The first kappa shape index (κ1) is 20.7. The Kier molecular flexibility index (Phi) is 7.44. The number of benzene rings is 1. The molecule has 0 aromatic heterocycles. The van der Waals surface area contributed by atoms with E-state index >= 15 is 0 Å². The number of carbonyl (C=O) groups excluding carboxylic acids is 2. The monoisotopic (exact) mass is 401 g/mol. The number of primary amides is 1. The fourth-order valence-corrected chi connectivity index (χ4v) is 4.28. The van der Waals surface area contributed by atoms with Crippen LogP contribution in [0.1, 0.15) is 6.42 Å². The molecule has 1 fully saturated rings. The Morgan fingerprint density at radius 2 is 2.08 bits per heavy atom. The summed E-state index contributed by atoms with van der Waals surface area (Å²) in [6, 6.07) is 6.97. The van der Waals surface area contributed by atoms with Gasteiger partial charge in [0.05, 0.1) is 18.0 Å². The normalized spacial score (nSPS) is 19.1. The average Bonchev–Trinajstić information content (AvgIpc) is 2.65. The summed E-state index contributed by atoms with van der Waals surface area (Å²) in [5.74, 6) is -0.418. The van der Waals surface area contributed by atoms with Gasteiger partial charge in [0.15, 0.2) is 6.10 Å². The summed E-state index contributed by atoms with van der Waals surface area (Å²) >= 11 is 1.52. The Morgan fingerprint density at radius 1 is 1.38 bits per heavy atom. The molecule has 0 radical (unpaired) electrons. The molecule has 2 atom stereocenters. The Morgan fingerprint density at radius 3 is 2.69 bits per heavy atom. The van der Waals surface area contributed by atoms with Crippen LogP contribution in [0.4, 0.5) is 0 Å². The predicted octanol–water partition coefficient (Wildman–Crippen LogP) is -0.201. The first-order chi connectivity index (χ1) is 12.3. The Bertz CT molecular complexity index is 727. The van der Waals surface area contributed by atoms with Gasteiger partial charge >= 0.3 is 0 Å². The van der Waals surface area contributed by atoms with E-state index in [9.17, 15) is 18.0 Å². The quantitative estimate of drug-likeness (QED) is 0.623. The SMILES string of the molecule is CSCC[C@@H](NS(=O)(=O)c1ccccc1)C(=O)N1CCO[C@H](C(N)=O)C1. The van der Waals surface area contributed by atoms with Crippen LogP contribution in [0.15, 0.2) is 35.2 Å². The molecule has 1 aromatic rings. The molecule has 0 bridgehead atoms. The molecule has 0 aliphatic carbocycles. The minimum absolute atomic E-state index is 0.0248. The van der Waals surface area contributed by atoms with Gasteiger partial charge in [0.2, 0.25) is 21.8 Å². The molecule has 0 spiro atoms. The number of hydrogen-bond acceptors (Lipinski definition) is 6. The molecule has 10 heteroatoms. The molecular formula is C16H23N3O5S2. The summed E-state index contributed by atoms with van der Waals surface area (Å²) in [7, 11) is -3.83. The highest BCUT2D eigenvalue weighted by Gasteiger charge is 2.33. The summed E-state index contributed by atoms with van der Waals surface area (Å²) in [6.45, 7) is 0.489. The van der Waals surface area contributed by atoms with Crippen molar-refractivity contribution in [2.45, 2.75) is 23.5 Å². The molecule has 2 amide bonds. The van der Waals surface area contributed by atoms with Crippen molar-refractivity contribution in [2.75, 3.05) is 31.7 Å². The second kappa shape index (κ2) is 9.36. The average molecular weight is 402 g/mol. The first-order valence-corrected chi connectivity index (χ1v) is 11.0. The lowest BCUT2D eigenvalue weighted by molar-refractivity contribution is -0.146. The van der Waals surface area contributed by atoms with Crippen molar-refractivity contribution in [3.05, 3.63) is 30.3 Å². The van der Waals surface area contributed by atoms with Crippen molar-refractivity contribution in [3.63, 3.8) is 0 Å². The Balaban J connectivity index is 2.15. The Labute approximate surface area is 157 Å². The minimum atomic E-state index is -3.83. The van der Waals surface area contributed by atoms with E-state index in [4.69, 9.17) is 10.5 Å². The van der Waals surface area contributed by atoms with Gasteiger partial charge in [0.25, 0.3) is 0 Å². The largest absolute Gasteiger partial charge is 0.367 e. The molecule has 1 aromatic carbocycles. The number of carbonyl (C=O) groups is 2. The molecule has 144 valence electrons. The molecule has 1 aliphatic rings. The van der Waals surface area contributed by atoms with E-state index in [-0.39, 0.29) is 30.5 Å². The number of nitrogens with two attached hydrogens (primary N) is 1. The maximum atomic E-state index is 12.9. The number of amides is 2.